The van der Waals surface area contributed by atoms with Gasteiger partial charge in [-0.1, -0.05) is 6.92 Å². The summed E-state index contributed by atoms with van der Waals surface area (Å²) in [7, 11) is 0. The van der Waals surface area contributed by atoms with Gasteiger partial charge in [0.15, 0.2) is 0 Å². The second-order valence-electron chi connectivity index (χ2n) is 4.48. The summed E-state index contributed by atoms with van der Waals surface area (Å²) in [5.41, 5.74) is 0.935. The van der Waals surface area contributed by atoms with E-state index in [1.807, 2.05) is 0 Å². The summed E-state index contributed by atoms with van der Waals surface area (Å²) < 4.78 is 0. The second-order valence-corrected chi connectivity index (χ2v) is 4.48. The highest BCUT2D eigenvalue weighted by molar-refractivity contribution is 5.16. The van der Waals surface area contributed by atoms with Gasteiger partial charge in [0.05, 0.1) is 0 Å². The van der Waals surface area contributed by atoms with E-state index in [2.05, 4.69) is 6.92 Å². The lowest BCUT2D eigenvalue weighted by atomic mass is 9.46. The van der Waals surface area contributed by atoms with E-state index in [0.29, 0.717) is 0 Å². The molecule has 4 saturated carbocycles. The molecule has 4 aliphatic carbocycles. The zero-order valence-electron chi connectivity index (χ0n) is 6.06. The molecule has 2 bridgehead atoms. The summed E-state index contributed by atoms with van der Waals surface area (Å²) in [6.45, 7) is 2.47. The average Bonchev–Trinajstić information content (AvgIpc) is 2.15. The highest BCUT2D eigenvalue weighted by atomic mass is 14.7. The Hall–Kier alpha value is 0. The molecule has 0 saturated heterocycles. The molecule has 4 atom stereocenters. The van der Waals surface area contributed by atoms with E-state index in [4.69, 9.17) is 0 Å². The van der Waals surface area contributed by atoms with Crippen molar-refractivity contribution in [3.8, 4) is 0 Å². The van der Waals surface area contributed by atoms with Gasteiger partial charge in [-0.25, -0.2) is 0 Å². The van der Waals surface area contributed by atoms with Crippen LogP contribution in [0, 0.1) is 23.2 Å². The number of rotatable bonds is 0. The molecular formula is C9H14. The zero-order valence-corrected chi connectivity index (χ0v) is 6.06. The molecule has 50 valence electrons. The summed E-state index contributed by atoms with van der Waals surface area (Å²) in [6.07, 6.45) is 6.34. The first-order valence-electron chi connectivity index (χ1n) is 4.33. The summed E-state index contributed by atoms with van der Waals surface area (Å²) in [5.74, 6) is 3.50. The molecular weight excluding hydrogens is 108 g/mol. The number of hydrogen-bond acceptors (Lipinski definition) is 0. The lowest BCUT2D eigenvalue weighted by Gasteiger charge is -2.58. The molecule has 0 aromatic heterocycles. The minimum atomic E-state index is 0.935. The largest absolute Gasteiger partial charge is 0.0620 e. The van der Waals surface area contributed by atoms with Crippen LogP contribution >= 0.6 is 0 Å². The molecule has 0 aliphatic heterocycles. The minimum Gasteiger partial charge on any atom is -0.0620 e. The Balaban J connectivity index is 2.03. The SMILES string of the molecule is CC1CC2CC13CCC23. The molecule has 4 fully saturated rings. The van der Waals surface area contributed by atoms with Gasteiger partial charge in [-0.3, -0.25) is 0 Å². The van der Waals surface area contributed by atoms with Gasteiger partial charge in [-0.15, -0.1) is 0 Å². The van der Waals surface area contributed by atoms with Gasteiger partial charge in [-0.2, -0.15) is 0 Å². The molecule has 0 N–H and O–H groups in total. The molecule has 0 aromatic rings. The van der Waals surface area contributed by atoms with Gasteiger partial charge >= 0.3 is 0 Å². The Morgan fingerprint density at radius 2 is 2.33 bits per heavy atom. The lowest BCUT2D eigenvalue weighted by Crippen LogP contribution is -2.50. The van der Waals surface area contributed by atoms with E-state index >= 15 is 0 Å². The Bertz CT molecular complexity index is 155. The van der Waals surface area contributed by atoms with Crippen LogP contribution in [-0.4, -0.2) is 0 Å². The van der Waals surface area contributed by atoms with Crippen LogP contribution in [0.25, 0.3) is 0 Å². The van der Waals surface area contributed by atoms with Gasteiger partial charge in [0.25, 0.3) is 0 Å². The van der Waals surface area contributed by atoms with E-state index in [9.17, 15) is 0 Å². The molecule has 0 amide bonds. The highest BCUT2D eigenvalue weighted by Gasteiger charge is 2.67. The lowest BCUT2D eigenvalue weighted by molar-refractivity contribution is -0.0905. The maximum absolute atomic E-state index is 2.47. The zero-order chi connectivity index (χ0) is 6.06. The van der Waals surface area contributed by atoms with Gasteiger partial charge in [-0.05, 0) is 48.9 Å². The fraction of sp³-hybridized carbons (Fsp3) is 1.00. The standard InChI is InChI=1S/C9H14/c1-6-4-7-5-9(6)3-2-8(7)9/h6-8H,2-5H2,1H3. The Kier molecular flexibility index (Phi) is 0.574. The maximum atomic E-state index is 2.47. The highest BCUT2D eigenvalue weighted by Crippen LogP contribution is 2.75. The summed E-state index contributed by atoms with van der Waals surface area (Å²) in [4.78, 5) is 0. The first-order chi connectivity index (χ1) is 4.33. The molecule has 0 aromatic carbocycles. The van der Waals surface area contributed by atoms with Gasteiger partial charge < -0.3 is 0 Å². The fourth-order valence-corrected chi connectivity index (χ4v) is 3.86. The molecule has 0 heterocycles. The normalized spacial score (nSPS) is 68.3. The van der Waals surface area contributed by atoms with E-state index in [1.54, 1.807) is 25.7 Å². The first-order valence-corrected chi connectivity index (χ1v) is 4.33. The van der Waals surface area contributed by atoms with Crippen LogP contribution in [-0.2, 0) is 0 Å². The van der Waals surface area contributed by atoms with Gasteiger partial charge in [0.1, 0.15) is 0 Å². The predicted molar refractivity (Wildman–Crippen MR) is 37.0 cm³/mol. The molecule has 0 nitrogen and oxygen atoms in total. The van der Waals surface area contributed by atoms with Crippen molar-refractivity contribution >= 4 is 0 Å². The van der Waals surface area contributed by atoms with Gasteiger partial charge in [0.2, 0.25) is 0 Å². The third-order valence-electron chi connectivity index (χ3n) is 4.51. The van der Waals surface area contributed by atoms with E-state index in [1.165, 1.54) is 11.8 Å². The van der Waals surface area contributed by atoms with Crippen LogP contribution in [0.2, 0.25) is 0 Å². The molecule has 9 heavy (non-hydrogen) atoms. The monoisotopic (exact) mass is 122 g/mol. The smallest absolute Gasteiger partial charge is 0.0238 e. The van der Waals surface area contributed by atoms with Crippen LogP contribution in [0.5, 0.6) is 0 Å². The number of fused-ring (bicyclic) bond motifs is 1. The Labute approximate surface area is 56.6 Å². The average molecular weight is 122 g/mol. The summed E-state index contributed by atoms with van der Waals surface area (Å²) in [5, 5.41) is 0. The third-order valence-corrected chi connectivity index (χ3v) is 4.51. The molecule has 1 spiro atoms. The minimum absolute atomic E-state index is 0.935. The van der Waals surface area contributed by atoms with Crippen molar-refractivity contribution in [2.45, 2.75) is 32.6 Å². The molecule has 4 rings (SSSR count). The van der Waals surface area contributed by atoms with Crippen molar-refractivity contribution in [3.05, 3.63) is 0 Å². The fourth-order valence-electron chi connectivity index (χ4n) is 3.86. The third kappa shape index (κ3) is 0.300. The van der Waals surface area contributed by atoms with E-state index < -0.39 is 0 Å². The van der Waals surface area contributed by atoms with E-state index in [0.717, 1.165) is 11.3 Å². The van der Waals surface area contributed by atoms with Crippen molar-refractivity contribution in [2.24, 2.45) is 23.2 Å². The van der Waals surface area contributed by atoms with Crippen LogP contribution in [0.4, 0.5) is 0 Å². The summed E-state index contributed by atoms with van der Waals surface area (Å²) in [6, 6.07) is 0. The van der Waals surface area contributed by atoms with E-state index in [-0.39, 0.29) is 0 Å². The van der Waals surface area contributed by atoms with Crippen LogP contribution in [0.15, 0.2) is 0 Å². The van der Waals surface area contributed by atoms with Crippen molar-refractivity contribution in [2.75, 3.05) is 0 Å². The maximum Gasteiger partial charge on any atom is -0.0238 e. The topological polar surface area (TPSA) is 0 Å². The van der Waals surface area contributed by atoms with Crippen molar-refractivity contribution in [3.63, 3.8) is 0 Å². The Morgan fingerprint density at radius 3 is 2.56 bits per heavy atom. The first kappa shape index (κ1) is 4.76. The van der Waals surface area contributed by atoms with Crippen molar-refractivity contribution in [1.82, 2.24) is 0 Å². The molecule has 4 unspecified atom stereocenters. The quantitative estimate of drug-likeness (QED) is 0.463. The van der Waals surface area contributed by atoms with Crippen LogP contribution < -0.4 is 0 Å². The Morgan fingerprint density at radius 1 is 1.44 bits per heavy atom. The molecule has 0 heteroatoms. The van der Waals surface area contributed by atoms with Gasteiger partial charge in [0, 0.05) is 0 Å². The van der Waals surface area contributed by atoms with Crippen LogP contribution in [0.1, 0.15) is 32.6 Å². The number of hydrogen-bond donors (Lipinski definition) is 0. The van der Waals surface area contributed by atoms with Crippen molar-refractivity contribution in [1.29, 1.82) is 0 Å². The summed E-state index contributed by atoms with van der Waals surface area (Å²) >= 11 is 0. The van der Waals surface area contributed by atoms with Crippen molar-refractivity contribution < 1.29 is 0 Å². The van der Waals surface area contributed by atoms with Crippen LogP contribution in [0.3, 0.4) is 0 Å². The second kappa shape index (κ2) is 1.09. The molecule has 4 aliphatic rings. The predicted octanol–water partition coefficient (Wildman–Crippen LogP) is 2.44. The molecule has 0 radical (unpaired) electrons.